The number of hydrogen-bond acceptors (Lipinski definition) is 4. The van der Waals surface area contributed by atoms with Gasteiger partial charge < -0.3 is 5.73 Å². The molecule has 0 unspecified atom stereocenters. The zero-order valence-electron chi connectivity index (χ0n) is 8.61. The summed E-state index contributed by atoms with van der Waals surface area (Å²) in [5.74, 6) is -2.18. The van der Waals surface area contributed by atoms with Crippen LogP contribution in [-0.2, 0) is 6.54 Å². The Hall–Kier alpha value is -1.66. The van der Waals surface area contributed by atoms with Crippen molar-refractivity contribution >= 4 is 17.1 Å². The average Bonchev–Trinajstić information content (AvgIpc) is 2.76. The van der Waals surface area contributed by atoms with Crippen LogP contribution < -0.4 is 5.73 Å². The Kier molecular flexibility index (Phi) is 3.26. The Morgan fingerprint density at radius 3 is 2.76 bits per heavy atom. The summed E-state index contributed by atoms with van der Waals surface area (Å²) < 4.78 is 26.1. The SMILES string of the molecule is NCc1nc(C(=O)c2ccc(F)cc2F)cs1. The van der Waals surface area contributed by atoms with Gasteiger partial charge in [0.1, 0.15) is 22.3 Å². The second kappa shape index (κ2) is 4.68. The largest absolute Gasteiger partial charge is 0.325 e. The quantitative estimate of drug-likeness (QED) is 0.853. The van der Waals surface area contributed by atoms with E-state index < -0.39 is 17.4 Å². The Morgan fingerprint density at radius 2 is 2.18 bits per heavy atom. The van der Waals surface area contributed by atoms with Crippen LogP contribution in [0.2, 0.25) is 0 Å². The van der Waals surface area contributed by atoms with E-state index in [4.69, 9.17) is 5.73 Å². The van der Waals surface area contributed by atoms with Gasteiger partial charge >= 0.3 is 0 Å². The van der Waals surface area contributed by atoms with Crippen LogP contribution in [0, 0.1) is 11.6 Å². The molecule has 2 N–H and O–H groups in total. The topological polar surface area (TPSA) is 56.0 Å². The summed E-state index contributed by atoms with van der Waals surface area (Å²) in [4.78, 5) is 15.8. The fourth-order valence-electron chi connectivity index (χ4n) is 1.32. The summed E-state index contributed by atoms with van der Waals surface area (Å²) in [7, 11) is 0. The van der Waals surface area contributed by atoms with Crippen LogP contribution in [0.25, 0.3) is 0 Å². The van der Waals surface area contributed by atoms with Gasteiger partial charge in [0.05, 0.1) is 5.56 Å². The third-order valence-corrected chi connectivity index (χ3v) is 3.01. The number of aromatic nitrogens is 1. The molecule has 0 bridgehead atoms. The number of rotatable bonds is 3. The van der Waals surface area contributed by atoms with Gasteiger partial charge in [-0.05, 0) is 12.1 Å². The minimum Gasteiger partial charge on any atom is -0.325 e. The highest BCUT2D eigenvalue weighted by atomic mass is 32.1. The van der Waals surface area contributed by atoms with Gasteiger partial charge in [0.2, 0.25) is 5.78 Å². The number of carbonyl (C=O) groups excluding carboxylic acids is 1. The standard InChI is InChI=1S/C11H8F2N2OS/c12-6-1-2-7(8(13)3-6)11(16)9-5-17-10(4-14)15-9/h1-3,5H,4,14H2. The first-order valence-electron chi connectivity index (χ1n) is 4.76. The molecule has 0 aliphatic carbocycles. The maximum absolute atomic E-state index is 13.4. The van der Waals surface area contributed by atoms with Crippen molar-refractivity contribution in [2.75, 3.05) is 0 Å². The van der Waals surface area contributed by atoms with Crippen molar-refractivity contribution in [1.82, 2.24) is 4.98 Å². The highest BCUT2D eigenvalue weighted by Gasteiger charge is 2.17. The molecule has 1 aromatic carbocycles. The highest BCUT2D eigenvalue weighted by Crippen LogP contribution is 2.16. The zero-order valence-corrected chi connectivity index (χ0v) is 9.43. The van der Waals surface area contributed by atoms with E-state index in [1.54, 1.807) is 0 Å². The first-order chi connectivity index (χ1) is 8.11. The monoisotopic (exact) mass is 254 g/mol. The fraction of sp³-hybridized carbons (Fsp3) is 0.0909. The van der Waals surface area contributed by atoms with E-state index in [1.807, 2.05) is 0 Å². The van der Waals surface area contributed by atoms with E-state index in [1.165, 1.54) is 16.7 Å². The molecular formula is C11H8F2N2OS. The van der Waals surface area contributed by atoms with Crippen molar-refractivity contribution in [2.45, 2.75) is 6.54 Å². The minimum absolute atomic E-state index is 0.126. The predicted molar refractivity (Wildman–Crippen MR) is 59.8 cm³/mol. The van der Waals surface area contributed by atoms with Crippen molar-refractivity contribution in [1.29, 1.82) is 0 Å². The van der Waals surface area contributed by atoms with Crippen LogP contribution in [0.15, 0.2) is 23.6 Å². The van der Waals surface area contributed by atoms with Crippen molar-refractivity contribution in [3.05, 3.63) is 51.5 Å². The number of hydrogen-bond donors (Lipinski definition) is 1. The van der Waals surface area contributed by atoms with Crippen LogP contribution in [0.3, 0.4) is 0 Å². The van der Waals surface area contributed by atoms with Gasteiger partial charge in [-0.1, -0.05) is 0 Å². The van der Waals surface area contributed by atoms with Crippen LogP contribution in [0.5, 0.6) is 0 Å². The Morgan fingerprint density at radius 1 is 1.41 bits per heavy atom. The molecule has 0 radical (unpaired) electrons. The number of carbonyl (C=O) groups is 1. The van der Waals surface area contributed by atoms with Crippen LogP contribution in [-0.4, -0.2) is 10.8 Å². The molecule has 0 spiro atoms. The summed E-state index contributed by atoms with van der Waals surface area (Å²) in [5.41, 5.74) is 5.30. The molecule has 17 heavy (non-hydrogen) atoms. The Balaban J connectivity index is 2.36. The zero-order chi connectivity index (χ0) is 12.4. The predicted octanol–water partition coefficient (Wildman–Crippen LogP) is 2.11. The minimum atomic E-state index is -0.891. The molecule has 1 heterocycles. The molecule has 3 nitrogen and oxygen atoms in total. The summed E-state index contributed by atoms with van der Waals surface area (Å²) in [6, 6.07) is 2.81. The first kappa shape index (κ1) is 11.8. The molecular weight excluding hydrogens is 246 g/mol. The van der Waals surface area contributed by atoms with E-state index in [0.717, 1.165) is 12.1 Å². The molecule has 6 heteroatoms. The van der Waals surface area contributed by atoms with Crippen LogP contribution in [0.1, 0.15) is 21.1 Å². The van der Waals surface area contributed by atoms with Crippen molar-refractivity contribution in [3.63, 3.8) is 0 Å². The molecule has 0 saturated carbocycles. The normalized spacial score (nSPS) is 10.5. The first-order valence-corrected chi connectivity index (χ1v) is 5.64. The fourth-order valence-corrected chi connectivity index (χ4v) is 1.98. The lowest BCUT2D eigenvalue weighted by Gasteiger charge is -1.99. The lowest BCUT2D eigenvalue weighted by atomic mass is 10.1. The highest BCUT2D eigenvalue weighted by molar-refractivity contribution is 7.09. The Bertz CT molecular complexity index is 568. The van der Waals surface area contributed by atoms with Crippen LogP contribution in [0.4, 0.5) is 8.78 Å². The molecule has 2 aromatic rings. The molecule has 88 valence electrons. The second-order valence-corrected chi connectivity index (χ2v) is 4.23. The molecule has 0 atom stereocenters. The van der Waals surface area contributed by atoms with Gasteiger partial charge in [-0.3, -0.25) is 4.79 Å². The molecule has 2 rings (SSSR count). The molecule has 0 aliphatic heterocycles. The summed E-state index contributed by atoms with van der Waals surface area (Å²) in [6.07, 6.45) is 0. The van der Waals surface area contributed by atoms with Gasteiger partial charge in [-0.25, -0.2) is 13.8 Å². The number of nitrogens with two attached hydrogens (primary N) is 1. The maximum Gasteiger partial charge on any atom is 0.215 e. The lowest BCUT2D eigenvalue weighted by Crippen LogP contribution is -2.06. The molecule has 0 amide bonds. The number of halogens is 2. The van der Waals surface area contributed by atoms with E-state index in [2.05, 4.69) is 4.98 Å². The maximum atomic E-state index is 13.4. The summed E-state index contributed by atoms with van der Waals surface area (Å²) in [6.45, 7) is 0.226. The van der Waals surface area contributed by atoms with E-state index in [-0.39, 0.29) is 17.8 Å². The Labute approximate surface area is 99.9 Å². The van der Waals surface area contributed by atoms with E-state index >= 15 is 0 Å². The average molecular weight is 254 g/mol. The van der Waals surface area contributed by atoms with E-state index in [9.17, 15) is 13.6 Å². The number of nitrogens with zero attached hydrogens (tertiary/aromatic N) is 1. The molecule has 1 aromatic heterocycles. The summed E-state index contributed by atoms with van der Waals surface area (Å²) >= 11 is 1.23. The number of thiazole rings is 1. The van der Waals surface area contributed by atoms with E-state index in [0.29, 0.717) is 11.1 Å². The van der Waals surface area contributed by atoms with Gasteiger partial charge in [-0.2, -0.15) is 0 Å². The van der Waals surface area contributed by atoms with Gasteiger partial charge in [-0.15, -0.1) is 11.3 Å². The van der Waals surface area contributed by atoms with Crippen molar-refractivity contribution in [2.24, 2.45) is 5.73 Å². The van der Waals surface area contributed by atoms with Gasteiger partial charge in [0.15, 0.2) is 0 Å². The third-order valence-electron chi connectivity index (χ3n) is 2.13. The second-order valence-electron chi connectivity index (χ2n) is 3.28. The lowest BCUT2D eigenvalue weighted by molar-refractivity contribution is 0.103. The molecule has 0 aliphatic rings. The van der Waals surface area contributed by atoms with Crippen molar-refractivity contribution in [3.8, 4) is 0 Å². The number of benzene rings is 1. The van der Waals surface area contributed by atoms with Gasteiger partial charge in [0.25, 0.3) is 0 Å². The molecule has 0 fully saturated rings. The smallest absolute Gasteiger partial charge is 0.215 e. The number of ketones is 1. The summed E-state index contributed by atoms with van der Waals surface area (Å²) in [5, 5.41) is 2.10. The van der Waals surface area contributed by atoms with Gasteiger partial charge in [0, 0.05) is 18.0 Å². The third kappa shape index (κ3) is 2.37. The van der Waals surface area contributed by atoms with Crippen LogP contribution >= 0.6 is 11.3 Å². The molecule has 0 saturated heterocycles. The van der Waals surface area contributed by atoms with Crippen molar-refractivity contribution < 1.29 is 13.6 Å².